The fourth-order valence-corrected chi connectivity index (χ4v) is 3.90. The molecule has 1 amide bonds. The highest BCUT2D eigenvalue weighted by molar-refractivity contribution is 5.83. The number of rotatable bonds is 3. The number of piperidine rings is 2. The molecule has 3 rings (SSSR count). The lowest BCUT2D eigenvalue weighted by atomic mass is 9.91. The Labute approximate surface area is 115 Å². The minimum Gasteiger partial charge on any atom is -0.377 e. The Bertz CT molecular complexity index is 337. The Hall–Kier alpha value is -0.610. The van der Waals surface area contributed by atoms with E-state index < -0.39 is 0 Å². The van der Waals surface area contributed by atoms with Crippen LogP contribution in [0.2, 0.25) is 0 Å². The smallest absolute Gasteiger partial charge is 0.226 e. The van der Waals surface area contributed by atoms with Crippen molar-refractivity contribution in [3.05, 3.63) is 0 Å². The third-order valence-electron chi connectivity index (χ3n) is 5.18. The molecule has 1 spiro atoms. The van der Waals surface area contributed by atoms with Crippen molar-refractivity contribution in [2.24, 2.45) is 11.3 Å². The van der Waals surface area contributed by atoms with Crippen LogP contribution < -0.4 is 5.32 Å². The largest absolute Gasteiger partial charge is 0.377 e. The van der Waals surface area contributed by atoms with Crippen LogP contribution in [0.3, 0.4) is 0 Å². The number of carbonyl (C=O) groups excluding carboxylic acids is 1. The molecule has 0 aromatic rings. The van der Waals surface area contributed by atoms with Gasteiger partial charge in [-0.1, -0.05) is 0 Å². The fraction of sp³-hybridized carbons (Fsp3) is 0.933. The topological polar surface area (TPSA) is 41.6 Å². The molecule has 2 heterocycles. The molecule has 4 nitrogen and oxygen atoms in total. The first-order chi connectivity index (χ1) is 9.25. The molecule has 3 aliphatic rings. The zero-order valence-electron chi connectivity index (χ0n) is 12.0. The number of nitrogens with zero attached hydrogens (tertiary/aromatic N) is 1. The molecule has 0 aromatic carbocycles. The number of ether oxygens (including phenoxy) is 1. The molecular formula is C15H26N2O2. The van der Waals surface area contributed by atoms with E-state index in [1.807, 2.05) is 6.92 Å². The van der Waals surface area contributed by atoms with Crippen molar-refractivity contribution >= 4 is 5.91 Å². The molecule has 0 aromatic heterocycles. The summed E-state index contributed by atoms with van der Waals surface area (Å²) < 4.78 is 5.70. The third kappa shape index (κ3) is 2.65. The summed E-state index contributed by atoms with van der Waals surface area (Å²) in [5.74, 6) is 0.723. The molecule has 2 aliphatic heterocycles. The Morgan fingerprint density at radius 2 is 2.21 bits per heavy atom. The molecule has 0 bridgehead atoms. The van der Waals surface area contributed by atoms with Crippen molar-refractivity contribution in [1.29, 1.82) is 0 Å². The summed E-state index contributed by atoms with van der Waals surface area (Å²) in [6, 6.07) is 0. The highest BCUT2D eigenvalue weighted by Crippen LogP contribution is 2.59. The average Bonchev–Trinajstić information content (AvgIpc) is 3.13. The van der Waals surface area contributed by atoms with Gasteiger partial charge in [0.1, 0.15) is 0 Å². The monoisotopic (exact) mass is 266 g/mol. The van der Waals surface area contributed by atoms with Crippen LogP contribution in [0.4, 0.5) is 0 Å². The summed E-state index contributed by atoms with van der Waals surface area (Å²) in [7, 11) is 0. The summed E-state index contributed by atoms with van der Waals surface area (Å²) in [5, 5.41) is 3.40. The van der Waals surface area contributed by atoms with Gasteiger partial charge in [0, 0.05) is 25.6 Å². The maximum atomic E-state index is 12.6. The van der Waals surface area contributed by atoms with E-state index in [0.29, 0.717) is 17.2 Å². The minimum absolute atomic E-state index is 0.269. The molecular weight excluding hydrogens is 240 g/mol. The van der Waals surface area contributed by atoms with Crippen LogP contribution in [-0.2, 0) is 9.53 Å². The van der Waals surface area contributed by atoms with Gasteiger partial charge < -0.3 is 15.0 Å². The van der Waals surface area contributed by atoms with Gasteiger partial charge >= 0.3 is 0 Å². The Kier molecular flexibility index (Phi) is 3.81. The number of amides is 1. The van der Waals surface area contributed by atoms with Gasteiger partial charge in [0.25, 0.3) is 0 Å². The number of nitrogens with one attached hydrogen (secondary N) is 1. The first-order valence-corrected chi connectivity index (χ1v) is 7.86. The normalized spacial score (nSPS) is 33.4. The van der Waals surface area contributed by atoms with Crippen LogP contribution in [0, 0.1) is 11.3 Å². The number of likely N-dealkylation sites (tertiary alicyclic amines) is 1. The first kappa shape index (κ1) is 13.4. The van der Waals surface area contributed by atoms with Crippen molar-refractivity contribution < 1.29 is 9.53 Å². The quantitative estimate of drug-likeness (QED) is 0.839. The summed E-state index contributed by atoms with van der Waals surface area (Å²) in [4.78, 5) is 14.7. The van der Waals surface area contributed by atoms with Gasteiger partial charge in [0.2, 0.25) is 5.91 Å². The maximum Gasteiger partial charge on any atom is 0.226 e. The highest BCUT2D eigenvalue weighted by Gasteiger charge is 2.58. The second-order valence-electron chi connectivity index (χ2n) is 6.37. The lowest BCUT2D eigenvalue weighted by molar-refractivity contribution is -0.137. The van der Waals surface area contributed by atoms with E-state index in [0.717, 1.165) is 52.0 Å². The molecule has 1 N–H and O–H groups in total. The summed E-state index contributed by atoms with van der Waals surface area (Å²) in [5.41, 5.74) is 0.362. The van der Waals surface area contributed by atoms with Crippen LogP contribution in [0.25, 0.3) is 0 Å². The van der Waals surface area contributed by atoms with Gasteiger partial charge in [-0.25, -0.2) is 0 Å². The Morgan fingerprint density at radius 1 is 1.42 bits per heavy atom. The zero-order valence-corrected chi connectivity index (χ0v) is 12.0. The van der Waals surface area contributed by atoms with E-state index in [2.05, 4.69) is 10.2 Å². The lowest BCUT2D eigenvalue weighted by Crippen LogP contribution is -2.45. The minimum atomic E-state index is 0.269. The van der Waals surface area contributed by atoms with Gasteiger partial charge in [0.05, 0.1) is 6.10 Å². The Balaban J connectivity index is 1.56. The van der Waals surface area contributed by atoms with Gasteiger partial charge in [-0.3, -0.25) is 4.79 Å². The molecule has 3 fully saturated rings. The average molecular weight is 266 g/mol. The van der Waals surface area contributed by atoms with Gasteiger partial charge in [-0.05, 0) is 57.5 Å². The van der Waals surface area contributed by atoms with Crippen molar-refractivity contribution in [2.45, 2.75) is 45.1 Å². The number of carbonyl (C=O) groups is 1. The van der Waals surface area contributed by atoms with E-state index in [1.165, 1.54) is 12.8 Å². The first-order valence-electron chi connectivity index (χ1n) is 7.86. The molecule has 2 saturated heterocycles. The Morgan fingerprint density at radius 3 is 2.95 bits per heavy atom. The molecule has 1 saturated carbocycles. The molecule has 2 atom stereocenters. The van der Waals surface area contributed by atoms with Crippen LogP contribution >= 0.6 is 0 Å². The van der Waals surface area contributed by atoms with Gasteiger partial charge in [0.15, 0.2) is 0 Å². The van der Waals surface area contributed by atoms with Crippen molar-refractivity contribution in [3.63, 3.8) is 0 Å². The predicted octanol–water partition coefficient (Wildman–Crippen LogP) is 1.40. The van der Waals surface area contributed by atoms with Crippen LogP contribution in [0.1, 0.15) is 39.0 Å². The van der Waals surface area contributed by atoms with E-state index >= 15 is 0 Å². The van der Waals surface area contributed by atoms with E-state index in [9.17, 15) is 4.79 Å². The molecule has 1 aliphatic carbocycles. The van der Waals surface area contributed by atoms with Crippen LogP contribution in [0.15, 0.2) is 0 Å². The second-order valence-corrected chi connectivity index (χ2v) is 6.37. The van der Waals surface area contributed by atoms with Gasteiger partial charge in [-0.2, -0.15) is 0 Å². The lowest BCUT2D eigenvalue weighted by Gasteiger charge is -2.33. The van der Waals surface area contributed by atoms with E-state index in [-0.39, 0.29) is 6.10 Å². The summed E-state index contributed by atoms with van der Waals surface area (Å²) in [6.07, 6.45) is 5.97. The molecule has 2 unspecified atom stereocenters. The summed E-state index contributed by atoms with van der Waals surface area (Å²) in [6.45, 7) is 6.72. The molecule has 4 heteroatoms. The zero-order chi connectivity index (χ0) is 13.3. The number of hydrogen-bond acceptors (Lipinski definition) is 3. The van der Waals surface area contributed by atoms with E-state index in [1.54, 1.807) is 0 Å². The fourth-order valence-electron chi connectivity index (χ4n) is 3.90. The highest BCUT2D eigenvalue weighted by atomic mass is 16.5. The van der Waals surface area contributed by atoms with Crippen molar-refractivity contribution in [2.75, 3.05) is 32.8 Å². The van der Waals surface area contributed by atoms with Crippen molar-refractivity contribution in [1.82, 2.24) is 10.2 Å². The SMILES string of the molecule is CCOC1CCCN(C(=O)C2CC23CCNCC3)C1. The second kappa shape index (κ2) is 5.41. The standard InChI is InChI=1S/C15H26N2O2/c1-2-19-12-4-3-9-17(11-12)14(18)13-10-15(13)5-7-16-8-6-15/h12-13,16H,2-11H2,1H3. The predicted molar refractivity (Wildman–Crippen MR) is 73.9 cm³/mol. The van der Waals surface area contributed by atoms with Crippen LogP contribution in [-0.4, -0.2) is 49.7 Å². The maximum absolute atomic E-state index is 12.6. The van der Waals surface area contributed by atoms with Crippen molar-refractivity contribution in [3.8, 4) is 0 Å². The van der Waals surface area contributed by atoms with Crippen LogP contribution in [0.5, 0.6) is 0 Å². The van der Waals surface area contributed by atoms with E-state index in [4.69, 9.17) is 4.74 Å². The molecule has 0 radical (unpaired) electrons. The molecule has 19 heavy (non-hydrogen) atoms. The number of hydrogen-bond donors (Lipinski definition) is 1. The summed E-state index contributed by atoms with van der Waals surface area (Å²) >= 11 is 0. The third-order valence-corrected chi connectivity index (χ3v) is 5.18. The van der Waals surface area contributed by atoms with Gasteiger partial charge in [-0.15, -0.1) is 0 Å². The molecule has 108 valence electrons.